The van der Waals surface area contributed by atoms with Crippen molar-refractivity contribution in [2.75, 3.05) is 5.32 Å². The summed E-state index contributed by atoms with van der Waals surface area (Å²) in [6, 6.07) is 7.29. The average molecular weight is 344 g/mol. The van der Waals surface area contributed by atoms with Crippen LogP contribution in [0.2, 0.25) is 0 Å². The van der Waals surface area contributed by atoms with Crippen LogP contribution < -0.4 is 10.6 Å². The van der Waals surface area contributed by atoms with Crippen LogP contribution in [-0.2, 0) is 0 Å². The Balaban J connectivity index is 1.86. The normalized spacial score (nSPS) is 25.0. The number of anilines is 1. The van der Waals surface area contributed by atoms with Gasteiger partial charge < -0.3 is 10.6 Å². The molecule has 0 heterocycles. The van der Waals surface area contributed by atoms with Gasteiger partial charge in [0.1, 0.15) is 0 Å². The molecular weight excluding hydrogens is 322 g/mol. The molecule has 122 valence electrons. The van der Waals surface area contributed by atoms with Crippen LogP contribution in [0.5, 0.6) is 0 Å². The molecule has 1 fully saturated rings. The van der Waals surface area contributed by atoms with E-state index in [1.165, 1.54) is 12.8 Å². The van der Waals surface area contributed by atoms with Crippen LogP contribution in [0.4, 0.5) is 14.5 Å². The number of alkyl halides is 2. The highest BCUT2D eigenvalue weighted by Crippen LogP contribution is 2.29. The summed E-state index contributed by atoms with van der Waals surface area (Å²) in [5.74, 6) is -1.09. The molecule has 0 radical (unpaired) electrons. The molecule has 2 N–H and O–H groups in total. The van der Waals surface area contributed by atoms with Gasteiger partial charge in [-0.1, -0.05) is 38.5 Å². The fourth-order valence-electron chi connectivity index (χ4n) is 2.84. The maximum absolute atomic E-state index is 12.3. The first-order chi connectivity index (χ1) is 10.5. The zero-order valence-electron chi connectivity index (χ0n) is 12.8. The van der Waals surface area contributed by atoms with Gasteiger partial charge in [0.25, 0.3) is 5.76 Å². The minimum Gasteiger partial charge on any atom is -0.359 e. The van der Waals surface area contributed by atoms with Crippen molar-refractivity contribution in [1.29, 1.82) is 0 Å². The number of thioether (sulfide) groups is 1. The molecule has 2 nitrogen and oxygen atoms in total. The van der Waals surface area contributed by atoms with E-state index in [2.05, 4.69) is 24.5 Å². The Bertz CT molecular complexity index is 493. The number of rotatable bonds is 4. The zero-order chi connectivity index (χ0) is 16.1. The second-order valence-electron chi connectivity index (χ2n) is 5.88. The number of hydrogen-bond donors (Lipinski definition) is 2. The Morgan fingerprint density at radius 2 is 1.91 bits per heavy atom. The highest BCUT2D eigenvalue weighted by molar-refractivity contribution is 7.99. The fourth-order valence-corrected chi connectivity index (χ4v) is 3.61. The molecule has 1 saturated carbocycles. The topological polar surface area (TPSA) is 24.1 Å². The number of benzene rings is 1. The van der Waals surface area contributed by atoms with Crippen molar-refractivity contribution < 1.29 is 8.78 Å². The van der Waals surface area contributed by atoms with Crippen LogP contribution in [0, 0.1) is 11.8 Å². The van der Waals surface area contributed by atoms with Crippen LogP contribution in [-0.4, -0.2) is 16.9 Å². The molecule has 1 aromatic carbocycles. The molecule has 0 spiro atoms. The van der Waals surface area contributed by atoms with Gasteiger partial charge in [0, 0.05) is 16.6 Å². The molecule has 1 aliphatic rings. The monoisotopic (exact) mass is 344 g/mol. The lowest BCUT2D eigenvalue weighted by Gasteiger charge is -2.35. The van der Waals surface area contributed by atoms with Crippen molar-refractivity contribution in [2.24, 2.45) is 11.8 Å². The number of thiocarbonyl (C=S) groups is 1. The third kappa shape index (κ3) is 5.09. The smallest absolute Gasteiger partial charge is 0.288 e. The summed E-state index contributed by atoms with van der Waals surface area (Å²) in [4.78, 5) is 0.550. The summed E-state index contributed by atoms with van der Waals surface area (Å²) in [5, 5.41) is 7.12. The molecule has 1 aliphatic carbocycles. The van der Waals surface area contributed by atoms with Crippen molar-refractivity contribution in [1.82, 2.24) is 5.32 Å². The predicted molar refractivity (Wildman–Crippen MR) is 93.6 cm³/mol. The van der Waals surface area contributed by atoms with Gasteiger partial charge in [0.2, 0.25) is 0 Å². The fraction of sp³-hybridized carbons (Fsp3) is 0.562. The van der Waals surface area contributed by atoms with Crippen molar-refractivity contribution in [3.05, 3.63) is 24.3 Å². The highest BCUT2D eigenvalue weighted by atomic mass is 32.2. The number of halogens is 2. The maximum atomic E-state index is 12.3. The molecule has 0 aromatic heterocycles. The van der Waals surface area contributed by atoms with Crippen molar-refractivity contribution in [2.45, 2.75) is 49.8 Å². The Morgan fingerprint density at radius 3 is 2.55 bits per heavy atom. The quantitative estimate of drug-likeness (QED) is 0.585. The zero-order valence-corrected chi connectivity index (χ0v) is 14.4. The SMILES string of the molecule is C[C@@H]1[C@H](C)CCC[C@H]1NC(=S)Nc1ccc(SC(F)F)cc1. The van der Waals surface area contributed by atoms with Gasteiger partial charge in [-0.15, -0.1) is 0 Å². The molecule has 0 saturated heterocycles. The van der Waals surface area contributed by atoms with Gasteiger partial charge in [-0.05, 0) is 54.7 Å². The van der Waals surface area contributed by atoms with Crippen LogP contribution in [0.3, 0.4) is 0 Å². The number of nitrogens with one attached hydrogen (secondary N) is 2. The highest BCUT2D eigenvalue weighted by Gasteiger charge is 2.27. The van der Waals surface area contributed by atoms with Gasteiger partial charge in [0.15, 0.2) is 5.11 Å². The lowest BCUT2D eigenvalue weighted by molar-refractivity contribution is 0.225. The van der Waals surface area contributed by atoms with Gasteiger partial charge in [-0.2, -0.15) is 8.78 Å². The molecule has 6 heteroatoms. The van der Waals surface area contributed by atoms with E-state index < -0.39 is 5.76 Å². The largest absolute Gasteiger partial charge is 0.359 e. The van der Waals surface area contributed by atoms with Crippen LogP contribution >= 0.6 is 24.0 Å². The summed E-state index contributed by atoms with van der Waals surface area (Å²) in [7, 11) is 0. The van der Waals surface area contributed by atoms with Gasteiger partial charge in [0.05, 0.1) is 0 Å². The van der Waals surface area contributed by atoms with E-state index in [-0.39, 0.29) is 0 Å². The number of hydrogen-bond acceptors (Lipinski definition) is 2. The van der Waals surface area contributed by atoms with Gasteiger partial charge in [-0.3, -0.25) is 0 Å². The molecule has 0 amide bonds. The maximum Gasteiger partial charge on any atom is 0.288 e. The molecule has 2 rings (SSSR count). The van der Waals surface area contributed by atoms with E-state index in [1.807, 2.05) is 0 Å². The summed E-state index contributed by atoms with van der Waals surface area (Å²) in [6.45, 7) is 4.55. The van der Waals surface area contributed by atoms with Crippen LogP contribution in [0.15, 0.2) is 29.2 Å². The summed E-state index contributed by atoms with van der Waals surface area (Å²) in [5.41, 5.74) is 0.813. The molecule has 1 aromatic rings. The molecule has 3 atom stereocenters. The molecule has 22 heavy (non-hydrogen) atoms. The summed E-state index contributed by atoms with van der Waals surface area (Å²) < 4.78 is 24.6. The Labute approximate surface area is 140 Å². The lowest BCUT2D eigenvalue weighted by atomic mass is 9.78. The first-order valence-corrected chi connectivity index (χ1v) is 8.87. The van der Waals surface area contributed by atoms with E-state index in [0.29, 0.717) is 39.6 Å². The van der Waals surface area contributed by atoms with Gasteiger partial charge >= 0.3 is 0 Å². The minimum atomic E-state index is -2.39. The third-order valence-electron chi connectivity index (χ3n) is 4.36. The summed E-state index contributed by atoms with van der Waals surface area (Å²) in [6.07, 6.45) is 3.64. The molecule has 0 aliphatic heterocycles. The van der Waals surface area contributed by atoms with Crippen molar-refractivity contribution >= 4 is 34.8 Å². The van der Waals surface area contributed by atoms with E-state index in [0.717, 1.165) is 12.1 Å². The Morgan fingerprint density at radius 1 is 1.23 bits per heavy atom. The van der Waals surface area contributed by atoms with E-state index >= 15 is 0 Å². The molecule has 0 unspecified atom stereocenters. The standard InChI is InChI=1S/C16H22F2N2S2/c1-10-4-3-5-14(11(10)2)20-16(21)19-12-6-8-13(9-7-12)22-15(17)18/h6-11,14-15H,3-5H2,1-2H3,(H2,19,20,21)/t10-,11-,14-/m1/s1. The lowest BCUT2D eigenvalue weighted by Crippen LogP contribution is -2.45. The van der Waals surface area contributed by atoms with E-state index in [1.54, 1.807) is 24.3 Å². The molecule has 0 bridgehead atoms. The van der Waals surface area contributed by atoms with Crippen LogP contribution in [0.25, 0.3) is 0 Å². The van der Waals surface area contributed by atoms with E-state index in [4.69, 9.17) is 12.2 Å². The first-order valence-electron chi connectivity index (χ1n) is 7.58. The van der Waals surface area contributed by atoms with Gasteiger partial charge in [-0.25, -0.2) is 0 Å². The average Bonchev–Trinajstić information content (AvgIpc) is 2.45. The van der Waals surface area contributed by atoms with Crippen molar-refractivity contribution in [3.8, 4) is 0 Å². The third-order valence-corrected chi connectivity index (χ3v) is 5.30. The Kier molecular flexibility index (Phi) is 6.44. The van der Waals surface area contributed by atoms with Crippen molar-refractivity contribution in [3.63, 3.8) is 0 Å². The second kappa shape index (κ2) is 8.11. The van der Waals surface area contributed by atoms with Crippen LogP contribution in [0.1, 0.15) is 33.1 Å². The second-order valence-corrected chi connectivity index (χ2v) is 7.35. The minimum absolute atomic E-state index is 0.400. The Hall–Kier alpha value is -0.880. The van der Waals surface area contributed by atoms with E-state index in [9.17, 15) is 8.78 Å². The predicted octanol–water partition coefficient (Wildman–Crippen LogP) is 5.11. The molecular formula is C16H22F2N2S2. The summed E-state index contributed by atoms with van der Waals surface area (Å²) >= 11 is 5.91. The first kappa shape index (κ1) is 17.5.